The molecule has 2 heteroatoms. The molecule has 1 rings (SSSR count). The average molecular weight is 190 g/mol. The van der Waals surface area contributed by atoms with Gasteiger partial charge in [0.05, 0.1) is 0 Å². The normalized spacial score (nSPS) is 10.4. The Labute approximate surface area is 84.1 Å². The third-order valence-electron chi connectivity index (χ3n) is 1.77. The molecule has 0 amide bonds. The third-order valence-corrected chi connectivity index (χ3v) is 1.77. The minimum absolute atomic E-state index is 0.261. The van der Waals surface area contributed by atoms with Gasteiger partial charge in [-0.1, -0.05) is 18.7 Å². The number of phenolic OH excluding ortho intramolecular Hbond substituents is 1. The zero-order valence-electron chi connectivity index (χ0n) is 8.23. The van der Waals surface area contributed by atoms with Crippen LogP contribution in [-0.2, 0) is 0 Å². The predicted molar refractivity (Wildman–Crippen MR) is 57.7 cm³/mol. The number of hydrogen-bond acceptors (Lipinski definition) is 2. The Kier molecular flexibility index (Phi) is 3.80. The molecule has 0 aromatic heterocycles. The Morgan fingerprint density at radius 2 is 2.29 bits per heavy atom. The predicted octanol–water partition coefficient (Wildman–Crippen LogP) is 2.82. The Morgan fingerprint density at radius 1 is 1.50 bits per heavy atom. The molecular weight excluding hydrogens is 176 g/mol. The topological polar surface area (TPSA) is 29.5 Å². The van der Waals surface area contributed by atoms with Crippen LogP contribution in [0, 0.1) is 6.92 Å². The van der Waals surface area contributed by atoms with Gasteiger partial charge in [0.2, 0.25) is 0 Å². The van der Waals surface area contributed by atoms with E-state index in [1.165, 1.54) is 0 Å². The first-order valence-corrected chi connectivity index (χ1v) is 4.44. The first kappa shape index (κ1) is 10.4. The second kappa shape index (κ2) is 5.12. The number of aromatic hydroxyl groups is 1. The number of ether oxygens (including phenoxy) is 1. The fourth-order valence-corrected chi connectivity index (χ4v) is 1.09. The molecule has 0 aliphatic rings. The summed E-state index contributed by atoms with van der Waals surface area (Å²) in [6.07, 6.45) is 5.40. The number of allylic oxidation sites excluding steroid dienone is 2. The van der Waals surface area contributed by atoms with Crippen molar-refractivity contribution in [3.05, 3.63) is 48.6 Å². The van der Waals surface area contributed by atoms with Crippen LogP contribution in [0.4, 0.5) is 0 Å². The lowest BCUT2D eigenvalue weighted by atomic mass is 10.2. The molecule has 2 nitrogen and oxygen atoms in total. The number of rotatable bonds is 4. The van der Waals surface area contributed by atoms with Gasteiger partial charge in [0.1, 0.15) is 18.1 Å². The lowest BCUT2D eigenvalue weighted by Crippen LogP contribution is -1.94. The molecule has 0 aliphatic heterocycles. The van der Waals surface area contributed by atoms with Crippen molar-refractivity contribution in [1.29, 1.82) is 0 Å². The van der Waals surface area contributed by atoms with Crippen molar-refractivity contribution in [2.45, 2.75) is 6.92 Å². The third kappa shape index (κ3) is 2.98. The van der Waals surface area contributed by atoms with Gasteiger partial charge in [0.15, 0.2) is 0 Å². The van der Waals surface area contributed by atoms with E-state index < -0.39 is 0 Å². The van der Waals surface area contributed by atoms with Gasteiger partial charge in [-0.05, 0) is 36.8 Å². The Morgan fingerprint density at radius 3 is 2.93 bits per heavy atom. The van der Waals surface area contributed by atoms with Crippen LogP contribution in [0.15, 0.2) is 43.0 Å². The van der Waals surface area contributed by atoms with Crippen LogP contribution in [0.2, 0.25) is 0 Å². The summed E-state index contributed by atoms with van der Waals surface area (Å²) >= 11 is 0. The van der Waals surface area contributed by atoms with Crippen LogP contribution in [0.25, 0.3) is 0 Å². The van der Waals surface area contributed by atoms with Crippen molar-refractivity contribution >= 4 is 0 Å². The summed E-state index contributed by atoms with van der Waals surface area (Å²) in [6, 6.07) is 5.04. The van der Waals surface area contributed by atoms with Crippen molar-refractivity contribution < 1.29 is 9.84 Å². The monoisotopic (exact) mass is 190 g/mol. The molecule has 0 unspecified atom stereocenters. The van der Waals surface area contributed by atoms with E-state index in [9.17, 15) is 0 Å². The van der Waals surface area contributed by atoms with Crippen molar-refractivity contribution in [1.82, 2.24) is 0 Å². The molecule has 1 N–H and O–H groups in total. The van der Waals surface area contributed by atoms with Gasteiger partial charge in [0.25, 0.3) is 0 Å². The highest BCUT2D eigenvalue weighted by molar-refractivity contribution is 5.38. The maximum atomic E-state index is 9.16. The number of hydrogen-bond donors (Lipinski definition) is 1. The first-order chi connectivity index (χ1) is 6.74. The standard InChI is InChI=1S/C12H14O2/c1-3-4-5-8-14-12-7-6-11(13)9-10(12)2/h3-7,9,13H,1,8H2,2H3/b5-4+. The summed E-state index contributed by atoms with van der Waals surface area (Å²) in [7, 11) is 0. The first-order valence-electron chi connectivity index (χ1n) is 4.44. The molecule has 1 aromatic rings. The number of phenols is 1. The molecule has 0 saturated carbocycles. The molecular formula is C12H14O2. The highest BCUT2D eigenvalue weighted by Crippen LogP contribution is 2.22. The van der Waals surface area contributed by atoms with Gasteiger partial charge in [-0.3, -0.25) is 0 Å². The van der Waals surface area contributed by atoms with Crippen molar-refractivity contribution in [2.75, 3.05) is 6.61 Å². The highest BCUT2D eigenvalue weighted by Gasteiger charge is 1.98. The molecule has 0 fully saturated rings. The molecule has 0 atom stereocenters. The Bertz CT molecular complexity index is 340. The van der Waals surface area contributed by atoms with Gasteiger partial charge >= 0.3 is 0 Å². The largest absolute Gasteiger partial charge is 0.508 e. The lowest BCUT2D eigenvalue weighted by molar-refractivity contribution is 0.359. The molecule has 0 heterocycles. The number of benzene rings is 1. The smallest absolute Gasteiger partial charge is 0.122 e. The van der Waals surface area contributed by atoms with Crippen molar-refractivity contribution in [3.8, 4) is 11.5 Å². The van der Waals surface area contributed by atoms with Crippen LogP contribution >= 0.6 is 0 Å². The maximum Gasteiger partial charge on any atom is 0.122 e. The van der Waals surface area contributed by atoms with Crippen LogP contribution in [0.1, 0.15) is 5.56 Å². The van der Waals surface area contributed by atoms with E-state index in [2.05, 4.69) is 6.58 Å². The van der Waals surface area contributed by atoms with E-state index in [-0.39, 0.29) is 5.75 Å². The number of aryl methyl sites for hydroxylation is 1. The van der Waals surface area contributed by atoms with E-state index in [0.717, 1.165) is 11.3 Å². The minimum atomic E-state index is 0.261. The van der Waals surface area contributed by atoms with Crippen molar-refractivity contribution in [3.63, 3.8) is 0 Å². The van der Waals surface area contributed by atoms with E-state index in [1.807, 2.05) is 19.1 Å². The minimum Gasteiger partial charge on any atom is -0.508 e. The second-order valence-corrected chi connectivity index (χ2v) is 2.92. The zero-order valence-corrected chi connectivity index (χ0v) is 8.23. The van der Waals surface area contributed by atoms with E-state index >= 15 is 0 Å². The fraction of sp³-hybridized carbons (Fsp3) is 0.167. The van der Waals surface area contributed by atoms with Crippen LogP contribution in [0.5, 0.6) is 11.5 Å². The summed E-state index contributed by atoms with van der Waals surface area (Å²) in [6.45, 7) is 5.97. The van der Waals surface area contributed by atoms with E-state index in [4.69, 9.17) is 9.84 Å². The van der Waals surface area contributed by atoms with Crippen molar-refractivity contribution in [2.24, 2.45) is 0 Å². The van der Waals surface area contributed by atoms with Gasteiger partial charge in [-0.15, -0.1) is 0 Å². The molecule has 0 aliphatic carbocycles. The Hall–Kier alpha value is -1.70. The average Bonchev–Trinajstić information content (AvgIpc) is 2.15. The summed E-state index contributed by atoms with van der Waals surface area (Å²) in [5, 5.41) is 9.16. The SMILES string of the molecule is C=C/C=C/COc1ccc(O)cc1C. The molecule has 74 valence electrons. The van der Waals surface area contributed by atoms with Crippen LogP contribution < -0.4 is 4.74 Å². The van der Waals surface area contributed by atoms with Crippen LogP contribution in [-0.4, -0.2) is 11.7 Å². The van der Waals surface area contributed by atoms with Gasteiger partial charge in [-0.2, -0.15) is 0 Å². The second-order valence-electron chi connectivity index (χ2n) is 2.92. The maximum absolute atomic E-state index is 9.16. The fourth-order valence-electron chi connectivity index (χ4n) is 1.09. The zero-order chi connectivity index (χ0) is 10.4. The molecule has 0 spiro atoms. The van der Waals surface area contributed by atoms with Gasteiger partial charge in [-0.25, -0.2) is 0 Å². The van der Waals surface area contributed by atoms with Gasteiger partial charge in [0, 0.05) is 0 Å². The molecule has 0 saturated heterocycles. The van der Waals surface area contributed by atoms with Crippen LogP contribution in [0.3, 0.4) is 0 Å². The molecule has 0 radical (unpaired) electrons. The molecule has 14 heavy (non-hydrogen) atoms. The summed E-state index contributed by atoms with van der Waals surface area (Å²) in [5.74, 6) is 1.05. The Balaban J connectivity index is 2.59. The summed E-state index contributed by atoms with van der Waals surface area (Å²) < 4.78 is 5.45. The quantitative estimate of drug-likeness (QED) is 0.740. The lowest BCUT2D eigenvalue weighted by Gasteiger charge is -2.06. The molecule has 0 bridgehead atoms. The van der Waals surface area contributed by atoms with Gasteiger partial charge < -0.3 is 9.84 Å². The summed E-state index contributed by atoms with van der Waals surface area (Å²) in [4.78, 5) is 0. The molecule has 1 aromatic carbocycles. The highest BCUT2D eigenvalue weighted by atomic mass is 16.5. The van der Waals surface area contributed by atoms with E-state index in [1.54, 1.807) is 24.3 Å². The van der Waals surface area contributed by atoms with E-state index in [0.29, 0.717) is 6.61 Å². The summed E-state index contributed by atoms with van der Waals surface area (Å²) in [5.41, 5.74) is 0.928.